The Hall–Kier alpha value is -1.49. The first kappa shape index (κ1) is 12.0. The number of ether oxygens (including phenoxy) is 1. The van der Waals surface area contributed by atoms with Gasteiger partial charge in [-0.15, -0.1) is 0 Å². The third-order valence-electron chi connectivity index (χ3n) is 2.36. The van der Waals surface area contributed by atoms with E-state index in [4.69, 9.17) is 4.74 Å². The van der Waals surface area contributed by atoms with Crippen LogP contribution in [0.15, 0.2) is 35.4 Å². The van der Waals surface area contributed by atoms with Crippen LogP contribution in [0.1, 0.15) is 19.4 Å². The highest BCUT2D eigenvalue weighted by Gasteiger charge is 2.41. The summed E-state index contributed by atoms with van der Waals surface area (Å²) in [5.74, 6) is -0.292. The fourth-order valence-electron chi connectivity index (χ4n) is 1.46. The van der Waals surface area contributed by atoms with Crippen molar-refractivity contribution in [2.75, 3.05) is 6.61 Å². The Morgan fingerprint density at radius 3 is 2.82 bits per heavy atom. The van der Waals surface area contributed by atoms with Gasteiger partial charge in [-0.05, 0) is 13.8 Å². The Bertz CT molecular complexity index is 447. The highest BCUT2D eigenvalue weighted by molar-refractivity contribution is 8.16. The molecule has 0 aromatic heterocycles. The van der Waals surface area contributed by atoms with Crippen LogP contribution in [0.2, 0.25) is 0 Å². The molecule has 0 bridgehead atoms. The SMILES string of the molecule is CCOC(=O)[C@@]1(C)NN=C(c2ccccc2)S1. The molecule has 4 nitrogen and oxygen atoms in total. The summed E-state index contributed by atoms with van der Waals surface area (Å²) in [5, 5.41) is 5.00. The van der Waals surface area contributed by atoms with E-state index >= 15 is 0 Å². The van der Waals surface area contributed by atoms with Crippen LogP contribution in [-0.2, 0) is 9.53 Å². The van der Waals surface area contributed by atoms with Crippen molar-refractivity contribution in [3.8, 4) is 0 Å². The maximum atomic E-state index is 11.8. The van der Waals surface area contributed by atoms with E-state index in [0.29, 0.717) is 6.61 Å². The number of nitrogens with zero attached hydrogens (tertiary/aromatic N) is 1. The molecule has 1 aliphatic rings. The standard InChI is InChI=1S/C12H14N2O2S/c1-3-16-11(15)12(2)14-13-10(17-12)9-7-5-4-6-8-9/h4-8,14H,3H2,1-2H3/t12-/m0/s1. The zero-order valence-electron chi connectivity index (χ0n) is 9.77. The monoisotopic (exact) mass is 250 g/mol. The number of esters is 1. The van der Waals surface area contributed by atoms with E-state index in [-0.39, 0.29) is 5.97 Å². The van der Waals surface area contributed by atoms with E-state index in [2.05, 4.69) is 10.5 Å². The van der Waals surface area contributed by atoms with E-state index in [1.807, 2.05) is 30.3 Å². The molecular weight excluding hydrogens is 236 g/mol. The van der Waals surface area contributed by atoms with Gasteiger partial charge in [0.15, 0.2) is 4.87 Å². The van der Waals surface area contributed by atoms with Crippen LogP contribution in [0.3, 0.4) is 0 Å². The van der Waals surface area contributed by atoms with Crippen LogP contribution in [0.5, 0.6) is 0 Å². The van der Waals surface area contributed by atoms with Crippen molar-refractivity contribution >= 4 is 22.8 Å². The highest BCUT2D eigenvalue weighted by atomic mass is 32.2. The van der Waals surface area contributed by atoms with Crippen molar-refractivity contribution in [1.29, 1.82) is 0 Å². The number of carbonyl (C=O) groups excluding carboxylic acids is 1. The van der Waals surface area contributed by atoms with Crippen LogP contribution in [0.4, 0.5) is 0 Å². The lowest BCUT2D eigenvalue weighted by Crippen LogP contribution is -2.42. The molecule has 1 aliphatic heterocycles. The molecule has 0 radical (unpaired) electrons. The number of hydrazone groups is 1. The van der Waals surface area contributed by atoms with Gasteiger partial charge in [-0.2, -0.15) is 5.10 Å². The number of rotatable bonds is 3. The normalized spacial score (nSPS) is 22.8. The summed E-state index contributed by atoms with van der Waals surface area (Å²) in [6.07, 6.45) is 0. The minimum Gasteiger partial charge on any atom is -0.464 e. The van der Waals surface area contributed by atoms with E-state index in [0.717, 1.165) is 10.6 Å². The number of hydrogen-bond acceptors (Lipinski definition) is 5. The third kappa shape index (κ3) is 2.44. The predicted molar refractivity (Wildman–Crippen MR) is 68.7 cm³/mol. The van der Waals surface area contributed by atoms with Crippen LogP contribution in [0.25, 0.3) is 0 Å². The topological polar surface area (TPSA) is 50.7 Å². The van der Waals surface area contributed by atoms with Crippen molar-refractivity contribution < 1.29 is 9.53 Å². The Labute approximate surface area is 104 Å². The molecule has 1 heterocycles. The number of nitrogens with one attached hydrogen (secondary N) is 1. The fraction of sp³-hybridized carbons (Fsp3) is 0.333. The summed E-state index contributed by atoms with van der Waals surface area (Å²) in [7, 11) is 0. The van der Waals surface area contributed by atoms with Gasteiger partial charge in [0.25, 0.3) is 0 Å². The van der Waals surface area contributed by atoms with Gasteiger partial charge in [-0.25, -0.2) is 4.79 Å². The highest BCUT2D eigenvalue weighted by Crippen LogP contribution is 2.32. The first-order chi connectivity index (χ1) is 8.15. The minimum absolute atomic E-state index is 0.292. The second-order valence-corrected chi connectivity index (χ2v) is 5.16. The first-order valence-corrected chi connectivity index (χ1v) is 6.24. The number of thioether (sulfide) groups is 1. The second-order valence-electron chi connectivity index (χ2n) is 3.75. The lowest BCUT2D eigenvalue weighted by Gasteiger charge is -2.19. The predicted octanol–water partition coefficient (Wildman–Crippen LogP) is 1.96. The van der Waals surface area contributed by atoms with Gasteiger partial charge in [-0.1, -0.05) is 42.1 Å². The molecule has 1 aromatic carbocycles. The van der Waals surface area contributed by atoms with Gasteiger partial charge in [0, 0.05) is 5.56 Å². The van der Waals surface area contributed by atoms with Crippen LogP contribution in [0, 0.1) is 0 Å². The van der Waals surface area contributed by atoms with Gasteiger partial charge in [0.05, 0.1) is 6.61 Å². The van der Waals surface area contributed by atoms with Crippen LogP contribution in [-0.4, -0.2) is 22.5 Å². The van der Waals surface area contributed by atoms with Crippen molar-refractivity contribution in [3.63, 3.8) is 0 Å². The summed E-state index contributed by atoms with van der Waals surface area (Å²) < 4.78 is 5.02. The summed E-state index contributed by atoms with van der Waals surface area (Å²) in [6.45, 7) is 3.94. The molecule has 0 saturated heterocycles. The summed E-state index contributed by atoms with van der Waals surface area (Å²) in [4.78, 5) is 10.9. The van der Waals surface area contributed by atoms with Gasteiger partial charge in [-0.3, -0.25) is 5.43 Å². The zero-order valence-corrected chi connectivity index (χ0v) is 10.6. The molecule has 0 unspecified atom stereocenters. The van der Waals surface area contributed by atoms with Crippen molar-refractivity contribution in [1.82, 2.24) is 5.43 Å². The molecular formula is C12H14N2O2S. The summed E-state index contributed by atoms with van der Waals surface area (Å²) in [5.41, 5.74) is 3.84. The maximum Gasteiger partial charge on any atom is 0.343 e. The average molecular weight is 250 g/mol. The maximum absolute atomic E-state index is 11.8. The molecule has 1 aromatic rings. The van der Waals surface area contributed by atoms with Gasteiger partial charge in [0.1, 0.15) is 5.04 Å². The second kappa shape index (κ2) is 4.79. The smallest absolute Gasteiger partial charge is 0.343 e. The fourth-order valence-corrected chi connectivity index (χ4v) is 2.42. The zero-order chi connectivity index (χ0) is 12.3. The summed E-state index contributed by atoms with van der Waals surface area (Å²) >= 11 is 1.38. The molecule has 0 amide bonds. The van der Waals surface area contributed by atoms with Crippen LogP contribution < -0.4 is 5.43 Å². The molecule has 0 spiro atoms. The third-order valence-corrected chi connectivity index (χ3v) is 3.54. The Kier molecular flexibility index (Phi) is 3.38. The van der Waals surface area contributed by atoms with Crippen LogP contribution >= 0.6 is 11.8 Å². The first-order valence-electron chi connectivity index (χ1n) is 5.42. The average Bonchev–Trinajstić information content (AvgIpc) is 2.75. The molecule has 0 aliphatic carbocycles. The molecule has 1 N–H and O–H groups in total. The minimum atomic E-state index is -0.818. The van der Waals surface area contributed by atoms with Gasteiger partial charge < -0.3 is 4.74 Å². The number of carbonyl (C=O) groups is 1. The molecule has 90 valence electrons. The van der Waals surface area contributed by atoms with E-state index in [1.165, 1.54) is 11.8 Å². The van der Waals surface area contributed by atoms with E-state index < -0.39 is 4.87 Å². The molecule has 17 heavy (non-hydrogen) atoms. The number of hydrogen-bond donors (Lipinski definition) is 1. The van der Waals surface area contributed by atoms with Crippen molar-refractivity contribution in [3.05, 3.63) is 35.9 Å². The Morgan fingerprint density at radius 2 is 2.18 bits per heavy atom. The van der Waals surface area contributed by atoms with Gasteiger partial charge >= 0.3 is 5.97 Å². The number of benzene rings is 1. The summed E-state index contributed by atoms with van der Waals surface area (Å²) in [6, 6.07) is 9.76. The molecule has 0 saturated carbocycles. The Morgan fingerprint density at radius 1 is 1.47 bits per heavy atom. The molecule has 5 heteroatoms. The lowest BCUT2D eigenvalue weighted by atomic mass is 10.2. The Balaban J connectivity index is 2.11. The molecule has 2 rings (SSSR count). The largest absolute Gasteiger partial charge is 0.464 e. The molecule has 0 fully saturated rings. The van der Waals surface area contributed by atoms with E-state index in [9.17, 15) is 4.79 Å². The quantitative estimate of drug-likeness (QED) is 0.833. The van der Waals surface area contributed by atoms with Gasteiger partial charge in [0.2, 0.25) is 0 Å². The van der Waals surface area contributed by atoms with E-state index in [1.54, 1.807) is 13.8 Å². The molecule has 1 atom stereocenters. The lowest BCUT2D eigenvalue weighted by molar-refractivity contribution is -0.146. The van der Waals surface area contributed by atoms with Crippen molar-refractivity contribution in [2.45, 2.75) is 18.7 Å². The van der Waals surface area contributed by atoms with Crippen molar-refractivity contribution in [2.24, 2.45) is 5.10 Å².